The van der Waals surface area contributed by atoms with Crippen LogP contribution in [0.15, 0.2) is 0 Å². The van der Waals surface area contributed by atoms with E-state index < -0.39 is 9.84 Å². The molecule has 0 heterocycles. The zero-order valence-electron chi connectivity index (χ0n) is 10.4. The Morgan fingerprint density at radius 2 is 1.73 bits per heavy atom. The van der Waals surface area contributed by atoms with Crippen LogP contribution in [0.1, 0.15) is 39.5 Å². The van der Waals surface area contributed by atoms with E-state index in [-0.39, 0.29) is 0 Å². The molecule has 15 heavy (non-hydrogen) atoms. The smallest absolute Gasteiger partial charge is 0.147 e. The molecule has 4 heteroatoms. The molecule has 0 amide bonds. The summed E-state index contributed by atoms with van der Waals surface area (Å²) in [5.41, 5.74) is 0. The summed E-state index contributed by atoms with van der Waals surface area (Å²) in [5, 5.41) is 3.30. The van der Waals surface area contributed by atoms with Crippen molar-refractivity contribution in [1.29, 1.82) is 0 Å². The van der Waals surface area contributed by atoms with Crippen LogP contribution >= 0.6 is 0 Å². The fourth-order valence-corrected chi connectivity index (χ4v) is 2.73. The van der Waals surface area contributed by atoms with Crippen molar-refractivity contribution in [2.75, 3.05) is 19.1 Å². The predicted octanol–water partition coefficient (Wildman–Crippen LogP) is 1.84. The van der Waals surface area contributed by atoms with Crippen LogP contribution in [0.5, 0.6) is 0 Å². The van der Waals surface area contributed by atoms with E-state index in [1.54, 1.807) is 0 Å². The quantitative estimate of drug-likeness (QED) is 0.698. The number of sulfone groups is 1. The van der Waals surface area contributed by atoms with Crippen LogP contribution in [0.2, 0.25) is 0 Å². The normalized spacial score (nSPS) is 14.5. The third kappa shape index (κ3) is 6.90. The second-order valence-electron chi connectivity index (χ2n) is 4.24. The van der Waals surface area contributed by atoms with Crippen molar-refractivity contribution in [1.82, 2.24) is 5.32 Å². The maximum atomic E-state index is 11.0. The van der Waals surface area contributed by atoms with Gasteiger partial charge in [0, 0.05) is 18.1 Å². The van der Waals surface area contributed by atoms with Crippen molar-refractivity contribution in [2.24, 2.45) is 5.92 Å². The lowest BCUT2D eigenvalue weighted by molar-refractivity contribution is 0.332. The third-order valence-electron chi connectivity index (χ3n) is 3.02. The lowest BCUT2D eigenvalue weighted by atomic mass is 9.91. The van der Waals surface area contributed by atoms with Crippen LogP contribution in [0.3, 0.4) is 0 Å². The second-order valence-corrected chi connectivity index (χ2v) is 6.50. The Labute approximate surface area is 94.6 Å². The molecule has 0 aliphatic carbocycles. The Bertz CT molecular complexity index is 245. The highest BCUT2D eigenvalue weighted by Gasteiger charge is 2.16. The van der Waals surface area contributed by atoms with Crippen molar-refractivity contribution >= 4 is 9.84 Å². The molecular weight excluding hydrogens is 210 g/mol. The minimum Gasteiger partial charge on any atom is -0.317 e. The average molecular weight is 235 g/mol. The van der Waals surface area contributed by atoms with Gasteiger partial charge in [-0.15, -0.1) is 0 Å². The topological polar surface area (TPSA) is 46.2 Å². The summed E-state index contributed by atoms with van der Waals surface area (Å²) in [5.74, 6) is 0.972. The van der Waals surface area contributed by atoms with Crippen LogP contribution in [0.25, 0.3) is 0 Å². The molecule has 92 valence electrons. The number of hydrogen-bond acceptors (Lipinski definition) is 3. The molecule has 0 aromatic rings. The van der Waals surface area contributed by atoms with Gasteiger partial charge in [0.15, 0.2) is 0 Å². The Hall–Kier alpha value is -0.0900. The summed E-state index contributed by atoms with van der Waals surface area (Å²) < 4.78 is 22.0. The fraction of sp³-hybridized carbons (Fsp3) is 1.00. The van der Waals surface area contributed by atoms with E-state index in [2.05, 4.69) is 19.2 Å². The molecule has 0 aromatic carbocycles. The molecular formula is C11H25NO2S. The summed E-state index contributed by atoms with van der Waals surface area (Å²) in [6.45, 7) is 4.38. The molecule has 0 bridgehead atoms. The van der Waals surface area contributed by atoms with E-state index >= 15 is 0 Å². The molecule has 1 unspecified atom stereocenters. The monoisotopic (exact) mass is 235 g/mol. The van der Waals surface area contributed by atoms with Crippen LogP contribution in [0.4, 0.5) is 0 Å². The Morgan fingerprint density at radius 1 is 1.20 bits per heavy atom. The highest BCUT2D eigenvalue weighted by molar-refractivity contribution is 7.90. The van der Waals surface area contributed by atoms with Gasteiger partial charge in [-0.05, 0) is 25.8 Å². The molecule has 0 radical (unpaired) electrons. The largest absolute Gasteiger partial charge is 0.317 e. The van der Waals surface area contributed by atoms with Crippen molar-refractivity contribution in [2.45, 2.75) is 45.6 Å². The van der Waals surface area contributed by atoms with E-state index in [1.165, 1.54) is 6.26 Å². The molecule has 1 N–H and O–H groups in total. The van der Waals surface area contributed by atoms with Gasteiger partial charge in [0.05, 0.1) is 0 Å². The first-order valence-electron chi connectivity index (χ1n) is 5.79. The summed E-state index contributed by atoms with van der Waals surface area (Å²) in [6.07, 6.45) is 5.33. The number of nitrogens with one attached hydrogen (secondary N) is 1. The van der Waals surface area contributed by atoms with E-state index in [4.69, 9.17) is 0 Å². The van der Waals surface area contributed by atoms with Gasteiger partial charge in [-0.1, -0.05) is 26.7 Å². The minimum atomic E-state index is -2.79. The molecule has 1 atom stereocenters. The highest BCUT2D eigenvalue weighted by atomic mass is 32.2. The van der Waals surface area contributed by atoms with E-state index in [9.17, 15) is 8.42 Å². The van der Waals surface area contributed by atoms with Gasteiger partial charge in [0.2, 0.25) is 0 Å². The van der Waals surface area contributed by atoms with Crippen molar-refractivity contribution < 1.29 is 8.42 Å². The van der Waals surface area contributed by atoms with Crippen LogP contribution in [-0.2, 0) is 9.84 Å². The SMILES string of the molecule is CCC(CC)C(CCCS(C)(=O)=O)NC. The Morgan fingerprint density at radius 3 is 2.07 bits per heavy atom. The first-order valence-corrected chi connectivity index (χ1v) is 7.85. The zero-order valence-corrected chi connectivity index (χ0v) is 11.2. The van der Waals surface area contributed by atoms with Crippen LogP contribution < -0.4 is 5.32 Å². The van der Waals surface area contributed by atoms with Crippen LogP contribution in [0, 0.1) is 5.92 Å². The van der Waals surface area contributed by atoms with E-state index in [1.807, 2.05) is 7.05 Å². The fourth-order valence-electron chi connectivity index (χ4n) is 2.04. The van der Waals surface area contributed by atoms with Crippen molar-refractivity contribution in [3.05, 3.63) is 0 Å². The van der Waals surface area contributed by atoms with Gasteiger partial charge < -0.3 is 5.32 Å². The predicted molar refractivity (Wildman–Crippen MR) is 65.9 cm³/mol. The molecule has 0 fully saturated rings. The summed E-state index contributed by atoms with van der Waals surface area (Å²) in [6, 6.07) is 0.460. The molecule has 0 saturated carbocycles. The molecule has 0 spiro atoms. The molecule has 3 nitrogen and oxygen atoms in total. The highest BCUT2D eigenvalue weighted by Crippen LogP contribution is 2.17. The van der Waals surface area contributed by atoms with E-state index in [0.717, 1.165) is 25.7 Å². The summed E-state index contributed by atoms with van der Waals surface area (Å²) >= 11 is 0. The summed E-state index contributed by atoms with van der Waals surface area (Å²) in [4.78, 5) is 0. The molecule has 0 saturated heterocycles. The van der Waals surface area contributed by atoms with Gasteiger partial charge in [-0.2, -0.15) is 0 Å². The standard InChI is InChI=1S/C11H25NO2S/c1-5-10(6-2)11(12-3)8-7-9-15(4,13)14/h10-12H,5-9H2,1-4H3. The Balaban J connectivity index is 4.00. The lowest BCUT2D eigenvalue weighted by Crippen LogP contribution is -2.33. The van der Waals surface area contributed by atoms with E-state index in [0.29, 0.717) is 17.7 Å². The maximum Gasteiger partial charge on any atom is 0.147 e. The van der Waals surface area contributed by atoms with Gasteiger partial charge in [-0.3, -0.25) is 0 Å². The third-order valence-corrected chi connectivity index (χ3v) is 4.05. The van der Waals surface area contributed by atoms with Crippen molar-refractivity contribution in [3.8, 4) is 0 Å². The van der Waals surface area contributed by atoms with Gasteiger partial charge in [-0.25, -0.2) is 8.42 Å². The first-order chi connectivity index (χ1) is 6.94. The van der Waals surface area contributed by atoms with Gasteiger partial charge in [0.25, 0.3) is 0 Å². The molecule has 0 aromatic heterocycles. The van der Waals surface area contributed by atoms with Gasteiger partial charge in [0.1, 0.15) is 9.84 Å². The first kappa shape index (κ1) is 14.9. The number of hydrogen-bond donors (Lipinski definition) is 1. The zero-order chi connectivity index (χ0) is 11.9. The van der Waals surface area contributed by atoms with Gasteiger partial charge >= 0.3 is 0 Å². The number of rotatable bonds is 8. The molecule has 0 aliphatic heterocycles. The molecule has 0 rings (SSSR count). The average Bonchev–Trinajstić information content (AvgIpc) is 2.15. The second kappa shape index (κ2) is 7.23. The summed E-state index contributed by atoms with van der Waals surface area (Å²) in [7, 11) is -0.833. The lowest BCUT2D eigenvalue weighted by Gasteiger charge is -2.24. The molecule has 0 aliphatic rings. The van der Waals surface area contributed by atoms with Crippen molar-refractivity contribution in [3.63, 3.8) is 0 Å². The Kier molecular flexibility index (Phi) is 7.18. The minimum absolute atomic E-state index is 0.311. The maximum absolute atomic E-state index is 11.0. The van der Waals surface area contributed by atoms with Crippen LogP contribution in [-0.4, -0.2) is 33.5 Å².